The first-order valence-electron chi connectivity index (χ1n) is 5.28. The molecule has 0 N–H and O–H groups in total. The molecule has 0 unspecified atom stereocenters. The van der Waals surface area contributed by atoms with Gasteiger partial charge in [0.25, 0.3) is 5.69 Å². The Morgan fingerprint density at radius 3 is 2.20 bits per heavy atom. The Bertz CT molecular complexity index is 547. The molecule has 0 aliphatic carbocycles. The number of benzene rings is 1. The highest BCUT2D eigenvalue weighted by Crippen LogP contribution is 2.19. The molecule has 0 saturated carbocycles. The standard InChI is InChI=1S/C12H11NO7/c1-18-11(14)7-10(12(15)19-2)20-9-5-3-8(4-6-9)13(16)17/h3-7H,1-2H3/b10-7-. The molecule has 0 bridgehead atoms. The van der Waals surface area contributed by atoms with Gasteiger partial charge >= 0.3 is 11.9 Å². The van der Waals surface area contributed by atoms with Crippen molar-refractivity contribution in [3.63, 3.8) is 0 Å². The summed E-state index contributed by atoms with van der Waals surface area (Å²) in [6.45, 7) is 0. The number of carbonyl (C=O) groups is 2. The van der Waals surface area contributed by atoms with Gasteiger partial charge in [-0.1, -0.05) is 0 Å². The lowest BCUT2D eigenvalue weighted by molar-refractivity contribution is -0.384. The number of non-ortho nitro benzene ring substituents is 1. The normalized spacial score (nSPS) is 10.6. The molecule has 0 spiro atoms. The van der Waals surface area contributed by atoms with Crippen LogP contribution in [-0.4, -0.2) is 31.1 Å². The monoisotopic (exact) mass is 281 g/mol. The molecule has 8 heteroatoms. The predicted octanol–water partition coefficient (Wildman–Crippen LogP) is 1.20. The van der Waals surface area contributed by atoms with Gasteiger partial charge in [0.05, 0.1) is 25.2 Å². The van der Waals surface area contributed by atoms with E-state index in [4.69, 9.17) is 4.74 Å². The molecule has 0 aliphatic rings. The van der Waals surface area contributed by atoms with E-state index in [9.17, 15) is 19.7 Å². The summed E-state index contributed by atoms with van der Waals surface area (Å²) >= 11 is 0. The molecule has 0 aromatic heterocycles. The molecule has 0 fully saturated rings. The van der Waals surface area contributed by atoms with Crippen molar-refractivity contribution >= 4 is 17.6 Å². The number of nitro benzene ring substituents is 1. The van der Waals surface area contributed by atoms with Crippen molar-refractivity contribution in [1.29, 1.82) is 0 Å². The molecule has 1 rings (SSSR count). The lowest BCUT2D eigenvalue weighted by Crippen LogP contribution is -2.13. The smallest absolute Gasteiger partial charge is 0.374 e. The Labute approximate surface area is 113 Å². The third kappa shape index (κ3) is 4.09. The summed E-state index contributed by atoms with van der Waals surface area (Å²) in [7, 11) is 2.26. The van der Waals surface area contributed by atoms with Gasteiger partial charge in [0.2, 0.25) is 5.76 Å². The summed E-state index contributed by atoms with van der Waals surface area (Å²) in [5.74, 6) is -1.94. The van der Waals surface area contributed by atoms with Crippen LogP contribution in [0.4, 0.5) is 5.69 Å². The molecule has 0 saturated heterocycles. The van der Waals surface area contributed by atoms with Crippen molar-refractivity contribution in [3.8, 4) is 5.75 Å². The van der Waals surface area contributed by atoms with Gasteiger partial charge in [-0.25, -0.2) is 9.59 Å². The molecule has 0 amide bonds. The minimum atomic E-state index is -0.881. The third-order valence-corrected chi connectivity index (χ3v) is 2.11. The van der Waals surface area contributed by atoms with Crippen molar-refractivity contribution in [2.24, 2.45) is 0 Å². The lowest BCUT2D eigenvalue weighted by Gasteiger charge is -2.07. The molecule has 0 heterocycles. The maximum absolute atomic E-state index is 11.4. The second-order valence-corrected chi connectivity index (χ2v) is 3.38. The summed E-state index contributed by atoms with van der Waals surface area (Å²) in [6, 6.07) is 4.96. The zero-order valence-corrected chi connectivity index (χ0v) is 10.7. The van der Waals surface area contributed by atoms with Crippen molar-refractivity contribution < 1.29 is 28.7 Å². The van der Waals surface area contributed by atoms with Gasteiger partial charge in [0, 0.05) is 12.1 Å². The van der Waals surface area contributed by atoms with Gasteiger partial charge in [-0.15, -0.1) is 0 Å². The van der Waals surface area contributed by atoms with Crippen LogP contribution in [0.5, 0.6) is 5.75 Å². The van der Waals surface area contributed by atoms with Crippen LogP contribution in [0.1, 0.15) is 0 Å². The second kappa shape index (κ2) is 6.88. The predicted molar refractivity (Wildman–Crippen MR) is 65.8 cm³/mol. The highest BCUT2D eigenvalue weighted by Gasteiger charge is 2.16. The largest absolute Gasteiger partial charge is 0.466 e. The third-order valence-electron chi connectivity index (χ3n) is 2.11. The van der Waals surface area contributed by atoms with E-state index in [-0.39, 0.29) is 11.4 Å². The Morgan fingerprint density at radius 2 is 1.75 bits per heavy atom. The number of carbonyl (C=O) groups excluding carboxylic acids is 2. The first kappa shape index (κ1) is 15.2. The van der Waals surface area contributed by atoms with Crippen LogP contribution < -0.4 is 4.74 Å². The summed E-state index contributed by atoms with van der Waals surface area (Å²) < 4.78 is 14.0. The van der Waals surface area contributed by atoms with Gasteiger partial charge < -0.3 is 14.2 Å². The fraction of sp³-hybridized carbons (Fsp3) is 0.167. The van der Waals surface area contributed by atoms with E-state index < -0.39 is 22.6 Å². The van der Waals surface area contributed by atoms with Crippen LogP contribution in [0.15, 0.2) is 36.1 Å². The van der Waals surface area contributed by atoms with E-state index in [0.29, 0.717) is 0 Å². The van der Waals surface area contributed by atoms with E-state index >= 15 is 0 Å². The van der Waals surface area contributed by atoms with Crippen molar-refractivity contribution in [2.75, 3.05) is 14.2 Å². The quantitative estimate of drug-likeness (QED) is 0.262. The summed E-state index contributed by atoms with van der Waals surface area (Å²) in [5, 5.41) is 10.5. The SMILES string of the molecule is COC(=O)/C=C(\Oc1ccc([N+](=O)[O-])cc1)C(=O)OC. The van der Waals surface area contributed by atoms with E-state index in [1.807, 2.05) is 0 Å². The Hall–Kier alpha value is -2.90. The maximum Gasteiger partial charge on any atom is 0.374 e. The fourth-order valence-electron chi connectivity index (χ4n) is 1.16. The Morgan fingerprint density at radius 1 is 1.15 bits per heavy atom. The Kier molecular flexibility index (Phi) is 5.21. The minimum absolute atomic E-state index is 0.131. The molecule has 8 nitrogen and oxygen atoms in total. The van der Waals surface area contributed by atoms with Crippen LogP contribution in [0, 0.1) is 10.1 Å². The summed E-state index contributed by atoms with van der Waals surface area (Å²) in [5.41, 5.74) is -0.131. The van der Waals surface area contributed by atoms with Crippen LogP contribution in [0.2, 0.25) is 0 Å². The molecule has 0 radical (unpaired) electrons. The van der Waals surface area contributed by atoms with Gasteiger partial charge in [0.15, 0.2) is 0 Å². The molecule has 1 aromatic carbocycles. The Balaban J connectivity index is 2.95. The number of esters is 2. The second-order valence-electron chi connectivity index (χ2n) is 3.38. The first-order chi connectivity index (χ1) is 9.47. The molecule has 0 atom stereocenters. The number of hydrogen-bond donors (Lipinski definition) is 0. The van der Waals surface area contributed by atoms with Crippen molar-refractivity contribution in [2.45, 2.75) is 0 Å². The van der Waals surface area contributed by atoms with Crippen LogP contribution in [-0.2, 0) is 19.1 Å². The summed E-state index contributed by atoms with van der Waals surface area (Å²) in [6.07, 6.45) is 0.813. The zero-order chi connectivity index (χ0) is 15.1. The lowest BCUT2D eigenvalue weighted by atomic mass is 10.3. The zero-order valence-electron chi connectivity index (χ0n) is 10.7. The number of nitro groups is 1. The van der Waals surface area contributed by atoms with Crippen LogP contribution in [0.25, 0.3) is 0 Å². The van der Waals surface area contributed by atoms with Gasteiger partial charge in [0.1, 0.15) is 5.75 Å². The molecule has 1 aromatic rings. The molecule has 20 heavy (non-hydrogen) atoms. The van der Waals surface area contributed by atoms with Gasteiger partial charge in [-0.2, -0.15) is 0 Å². The molecular weight excluding hydrogens is 270 g/mol. The van der Waals surface area contributed by atoms with Gasteiger partial charge in [-0.05, 0) is 12.1 Å². The van der Waals surface area contributed by atoms with Crippen molar-refractivity contribution in [3.05, 3.63) is 46.2 Å². The number of ether oxygens (including phenoxy) is 3. The fourth-order valence-corrected chi connectivity index (χ4v) is 1.16. The molecular formula is C12H11NO7. The van der Waals surface area contributed by atoms with Gasteiger partial charge in [-0.3, -0.25) is 10.1 Å². The van der Waals surface area contributed by atoms with Crippen LogP contribution >= 0.6 is 0 Å². The van der Waals surface area contributed by atoms with E-state index in [1.165, 1.54) is 24.3 Å². The average molecular weight is 281 g/mol. The number of methoxy groups -OCH3 is 2. The number of nitrogens with zero attached hydrogens (tertiary/aromatic N) is 1. The first-order valence-corrected chi connectivity index (χ1v) is 5.28. The average Bonchev–Trinajstić information content (AvgIpc) is 2.46. The topological polar surface area (TPSA) is 105 Å². The molecule has 106 valence electrons. The number of rotatable bonds is 5. The maximum atomic E-state index is 11.4. The number of hydrogen-bond acceptors (Lipinski definition) is 7. The highest BCUT2D eigenvalue weighted by atomic mass is 16.6. The van der Waals surface area contributed by atoms with Crippen molar-refractivity contribution in [1.82, 2.24) is 0 Å². The van der Waals surface area contributed by atoms with E-state index in [0.717, 1.165) is 20.3 Å². The summed E-state index contributed by atoms with van der Waals surface area (Å²) in [4.78, 5) is 32.4. The van der Waals surface area contributed by atoms with E-state index in [1.54, 1.807) is 0 Å². The van der Waals surface area contributed by atoms with E-state index in [2.05, 4.69) is 9.47 Å². The minimum Gasteiger partial charge on any atom is -0.466 e. The highest BCUT2D eigenvalue weighted by molar-refractivity contribution is 5.95. The molecule has 0 aliphatic heterocycles. The van der Waals surface area contributed by atoms with Crippen LogP contribution in [0.3, 0.4) is 0 Å².